The normalized spacial score (nSPS) is 12.8. The molecule has 0 unspecified atom stereocenters. The molecule has 2 nitrogen and oxygen atoms in total. The quantitative estimate of drug-likeness (QED) is 0.795. The first kappa shape index (κ1) is 11.7. The number of benzene rings is 1. The van der Waals surface area contributed by atoms with E-state index in [1.807, 2.05) is 0 Å². The van der Waals surface area contributed by atoms with Crippen LogP contribution in [0.25, 0.3) is 0 Å². The number of nitrogens with two attached hydrogens (primary N) is 1. The molecule has 0 amide bonds. The highest BCUT2D eigenvalue weighted by Crippen LogP contribution is 2.16. The molecular formula is C11H17BrN2. The summed E-state index contributed by atoms with van der Waals surface area (Å²) in [5.41, 5.74) is 6.74. The standard InChI is InChI=1S/C11H17BrN2/c1-9(14-8-2-7-13)10-3-5-11(12)6-4-10/h3-6,9,14H,2,7-8,13H2,1H3/t9-/m1/s1. The largest absolute Gasteiger partial charge is 0.330 e. The van der Waals surface area contributed by atoms with Gasteiger partial charge in [-0.05, 0) is 44.1 Å². The fraction of sp³-hybridized carbons (Fsp3) is 0.455. The highest BCUT2D eigenvalue weighted by Gasteiger charge is 2.02. The summed E-state index contributed by atoms with van der Waals surface area (Å²) in [5.74, 6) is 0. The van der Waals surface area contributed by atoms with Gasteiger partial charge in [0.25, 0.3) is 0 Å². The Hall–Kier alpha value is -0.380. The molecule has 1 aromatic rings. The van der Waals surface area contributed by atoms with Crippen LogP contribution in [0.3, 0.4) is 0 Å². The molecule has 1 atom stereocenters. The summed E-state index contributed by atoms with van der Waals surface area (Å²) >= 11 is 3.42. The number of hydrogen-bond acceptors (Lipinski definition) is 2. The van der Waals surface area contributed by atoms with Gasteiger partial charge in [-0.3, -0.25) is 0 Å². The molecule has 0 fully saturated rings. The van der Waals surface area contributed by atoms with Crippen LogP contribution in [0.2, 0.25) is 0 Å². The van der Waals surface area contributed by atoms with Crippen molar-refractivity contribution in [3.8, 4) is 0 Å². The van der Waals surface area contributed by atoms with Gasteiger partial charge in [-0.1, -0.05) is 28.1 Å². The van der Waals surface area contributed by atoms with Gasteiger partial charge >= 0.3 is 0 Å². The van der Waals surface area contributed by atoms with E-state index in [1.54, 1.807) is 0 Å². The highest BCUT2D eigenvalue weighted by molar-refractivity contribution is 9.10. The van der Waals surface area contributed by atoms with Gasteiger partial charge in [0.15, 0.2) is 0 Å². The van der Waals surface area contributed by atoms with Crippen molar-refractivity contribution in [2.24, 2.45) is 5.73 Å². The monoisotopic (exact) mass is 256 g/mol. The van der Waals surface area contributed by atoms with Crippen molar-refractivity contribution in [1.82, 2.24) is 5.32 Å². The van der Waals surface area contributed by atoms with Crippen LogP contribution in [0.4, 0.5) is 0 Å². The van der Waals surface area contributed by atoms with E-state index in [4.69, 9.17) is 5.73 Å². The van der Waals surface area contributed by atoms with E-state index < -0.39 is 0 Å². The molecule has 0 aromatic heterocycles. The van der Waals surface area contributed by atoms with Crippen molar-refractivity contribution in [2.45, 2.75) is 19.4 Å². The zero-order valence-corrected chi connectivity index (χ0v) is 10.0. The Morgan fingerprint density at radius 1 is 1.36 bits per heavy atom. The molecule has 0 aliphatic rings. The fourth-order valence-corrected chi connectivity index (χ4v) is 1.55. The lowest BCUT2D eigenvalue weighted by molar-refractivity contribution is 0.562. The van der Waals surface area contributed by atoms with Crippen molar-refractivity contribution in [2.75, 3.05) is 13.1 Å². The van der Waals surface area contributed by atoms with E-state index in [1.165, 1.54) is 5.56 Å². The zero-order chi connectivity index (χ0) is 10.4. The van der Waals surface area contributed by atoms with Crippen LogP contribution < -0.4 is 11.1 Å². The van der Waals surface area contributed by atoms with Gasteiger partial charge in [-0.2, -0.15) is 0 Å². The first-order valence-corrected chi connectivity index (χ1v) is 5.72. The van der Waals surface area contributed by atoms with Gasteiger partial charge in [0.1, 0.15) is 0 Å². The van der Waals surface area contributed by atoms with Gasteiger partial charge in [-0.15, -0.1) is 0 Å². The average Bonchev–Trinajstić information content (AvgIpc) is 2.19. The number of nitrogens with one attached hydrogen (secondary N) is 1. The maximum absolute atomic E-state index is 5.43. The van der Waals surface area contributed by atoms with Gasteiger partial charge < -0.3 is 11.1 Å². The molecule has 0 aliphatic heterocycles. The van der Waals surface area contributed by atoms with Crippen molar-refractivity contribution in [3.63, 3.8) is 0 Å². The minimum absolute atomic E-state index is 0.398. The predicted molar refractivity (Wildman–Crippen MR) is 64.2 cm³/mol. The van der Waals surface area contributed by atoms with Crippen molar-refractivity contribution >= 4 is 15.9 Å². The lowest BCUT2D eigenvalue weighted by Gasteiger charge is -2.13. The molecule has 3 N–H and O–H groups in total. The fourth-order valence-electron chi connectivity index (χ4n) is 1.29. The van der Waals surface area contributed by atoms with Gasteiger partial charge in [0.2, 0.25) is 0 Å². The molecule has 0 aliphatic carbocycles. The Balaban J connectivity index is 2.43. The summed E-state index contributed by atoms with van der Waals surface area (Å²) in [6.07, 6.45) is 1.03. The Morgan fingerprint density at radius 2 is 2.00 bits per heavy atom. The Kier molecular flexibility index (Phi) is 5.15. The molecule has 78 valence electrons. The predicted octanol–water partition coefficient (Wildman–Crippen LogP) is 2.45. The molecule has 3 heteroatoms. The van der Waals surface area contributed by atoms with E-state index in [-0.39, 0.29) is 0 Å². The lowest BCUT2D eigenvalue weighted by atomic mass is 10.1. The first-order chi connectivity index (χ1) is 6.74. The van der Waals surface area contributed by atoms with Crippen LogP contribution in [0.15, 0.2) is 28.7 Å². The van der Waals surface area contributed by atoms with Gasteiger partial charge in [0.05, 0.1) is 0 Å². The molecule has 1 aromatic carbocycles. The maximum Gasteiger partial charge on any atom is 0.0291 e. The van der Waals surface area contributed by atoms with Crippen LogP contribution in [-0.2, 0) is 0 Å². The second-order valence-corrected chi connectivity index (χ2v) is 4.29. The number of rotatable bonds is 5. The van der Waals surface area contributed by atoms with E-state index in [9.17, 15) is 0 Å². The molecule has 0 spiro atoms. The second kappa shape index (κ2) is 6.17. The summed E-state index contributed by atoms with van der Waals surface area (Å²) in [5, 5.41) is 3.42. The summed E-state index contributed by atoms with van der Waals surface area (Å²) < 4.78 is 1.12. The van der Waals surface area contributed by atoms with Crippen LogP contribution in [0.5, 0.6) is 0 Å². The molecule has 0 radical (unpaired) electrons. The second-order valence-electron chi connectivity index (χ2n) is 3.37. The summed E-state index contributed by atoms with van der Waals surface area (Å²) in [7, 11) is 0. The smallest absolute Gasteiger partial charge is 0.0291 e. The van der Waals surface area contributed by atoms with Crippen LogP contribution >= 0.6 is 15.9 Å². The summed E-state index contributed by atoms with van der Waals surface area (Å²) in [6, 6.07) is 8.79. The maximum atomic E-state index is 5.43. The molecule has 0 saturated heterocycles. The van der Waals surface area contributed by atoms with Gasteiger partial charge in [0, 0.05) is 10.5 Å². The van der Waals surface area contributed by atoms with E-state index >= 15 is 0 Å². The Bertz CT molecular complexity index is 258. The number of halogens is 1. The topological polar surface area (TPSA) is 38.0 Å². The molecule has 0 saturated carbocycles. The summed E-state index contributed by atoms with van der Waals surface area (Å²) in [6.45, 7) is 3.90. The van der Waals surface area contributed by atoms with Crippen molar-refractivity contribution < 1.29 is 0 Å². The third kappa shape index (κ3) is 3.78. The van der Waals surface area contributed by atoms with Crippen molar-refractivity contribution in [3.05, 3.63) is 34.3 Å². The molecule has 1 rings (SSSR count). The SMILES string of the molecule is C[C@@H](NCCCN)c1ccc(Br)cc1. The Morgan fingerprint density at radius 3 is 2.57 bits per heavy atom. The van der Waals surface area contributed by atoms with E-state index in [2.05, 4.69) is 52.4 Å². The number of hydrogen-bond donors (Lipinski definition) is 2. The molecule has 0 heterocycles. The third-order valence-corrected chi connectivity index (χ3v) is 2.73. The average molecular weight is 257 g/mol. The van der Waals surface area contributed by atoms with Crippen LogP contribution in [0, 0.1) is 0 Å². The molecule has 14 heavy (non-hydrogen) atoms. The van der Waals surface area contributed by atoms with E-state index in [0.29, 0.717) is 6.04 Å². The van der Waals surface area contributed by atoms with Crippen molar-refractivity contribution in [1.29, 1.82) is 0 Å². The zero-order valence-electron chi connectivity index (χ0n) is 8.46. The lowest BCUT2D eigenvalue weighted by Crippen LogP contribution is -2.21. The first-order valence-electron chi connectivity index (χ1n) is 4.93. The minimum Gasteiger partial charge on any atom is -0.330 e. The van der Waals surface area contributed by atoms with E-state index in [0.717, 1.165) is 24.0 Å². The van der Waals surface area contributed by atoms with Crippen LogP contribution in [0.1, 0.15) is 24.9 Å². The molecular weight excluding hydrogens is 240 g/mol. The highest BCUT2D eigenvalue weighted by atomic mass is 79.9. The minimum atomic E-state index is 0.398. The molecule has 0 bridgehead atoms. The van der Waals surface area contributed by atoms with Crippen LogP contribution in [-0.4, -0.2) is 13.1 Å². The third-order valence-electron chi connectivity index (χ3n) is 2.20. The van der Waals surface area contributed by atoms with Gasteiger partial charge in [-0.25, -0.2) is 0 Å². The Labute approximate surface area is 94.0 Å². The summed E-state index contributed by atoms with van der Waals surface area (Å²) in [4.78, 5) is 0.